The van der Waals surface area contributed by atoms with Crippen molar-refractivity contribution in [3.63, 3.8) is 0 Å². The molecule has 0 saturated heterocycles. The average Bonchev–Trinajstić information content (AvgIpc) is 1.87. The molecular formula is C8H18N2O. The minimum atomic E-state index is 0.264. The molecule has 0 rings (SSSR count). The van der Waals surface area contributed by atoms with Gasteiger partial charge in [0.05, 0.1) is 0 Å². The van der Waals surface area contributed by atoms with E-state index in [0.29, 0.717) is 12.3 Å². The van der Waals surface area contributed by atoms with Crippen LogP contribution in [0.1, 0.15) is 13.3 Å². The van der Waals surface area contributed by atoms with E-state index in [2.05, 4.69) is 10.6 Å². The van der Waals surface area contributed by atoms with Crippen molar-refractivity contribution in [3.05, 3.63) is 0 Å². The van der Waals surface area contributed by atoms with Gasteiger partial charge in [-0.1, -0.05) is 0 Å². The average molecular weight is 158 g/mol. The first-order valence-electron chi connectivity index (χ1n) is 3.99. The Balaban J connectivity index is 3.59. The third-order valence-electron chi connectivity index (χ3n) is 1.56. The lowest BCUT2D eigenvalue weighted by Crippen LogP contribution is -2.29. The lowest BCUT2D eigenvalue weighted by molar-refractivity contribution is -0.117. The van der Waals surface area contributed by atoms with Gasteiger partial charge in [0.25, 0.3) is 0 Å². The maximum atomic E-state index is 10.7. The van der Waals surface area contributed by atoms with Gasteiger partial charge in [-0.2, -0.15) is 0 Å². The highest BCUT2D eigenvalue weighted by Crippen LogP contribution is 2.00. The first-order valence-corrected chi connectivity index (χ1v) is 3.99. The second-order valence-corrected chi connectivity index (χ2v) is 2.89. The Labute approximate surface area is 68.6 Å². The first kappa shape index (κ1) is 10.6. The molecule has 0 aliphatic rings. The van der Waals surface area contributed by atoms with Crippen LogP contribution in [0.5, 0.6) is 0 Å². The highest BCUT2D eigenvalue weighted by molar-refractivity contribution is 5.75. The number of Topliss-reactive ketones (excluding diaryl/α,β-unsaturated/α-hetero) is 1. The number of ketones is 1. The highest BCUT2D eigenvalue weighted by atomic mass is 16.1. The molecule has 0 spiro atoms. The van der Waals surface area contributed by atoms with Gasteiger partial charge in [-0.3, -0.25) is 0 Å². The molecule has 11 heavy (non-hydrogen) atoms. The van der Waals surface area contributed by atoms with Gasteiger partial charge in [0, 0.05) is 6.42 Å². The molecule has 0 aromatic carbocycles. The van der Waals surface area contributed by atoms with Gasteiger partial charge < -0.3 is 15.4 Å². The quantitative estimate of drug-likeness (QED) is 0.572. The molecule has 0 aromatic heterocycles. The zero-order valence-electron chi connectivity index (χ0n) is 7.61. The lowest BCUT2D eigenvalue weighted by Gasteiger charge is -2.13. The summed E-state index contributed by atoms with van der Waals surface area (Å²) in [5.74, 6) is 0.697. The Morgan fingerprint density at radius 3 is 2.00 bits per heavy atom. The molecule has 0 heterocycles. The fourth-order valence-corrected chi connectivity index (χ4v) is 1.20. The molecule has 0 amide bonds. The Kier molecular flexibility index (Phi) is 6.07. The molecule has 0 saturated carbocycles. The molecule has 0 aromatic rings. The van der Waals surface area contributed by atoms with Crippen molar-refractivity contribution in [2.24, 2.45) is 5.92 Å². The second-order valence-electron chi connectivity index (χ2n) is 2.89. The zero-order valence-corrected chi connectivity index (χ0v) is 7.61. The highest BCUT2D eigenvalue weighted by Gasteiger charge is 2.08. The third-order valence-corrected chi connectivity index (χ3v) is 1.56. The minimum absolute atomic E-state index is 0.264. The Morgan fingerprint density at radius 2 is 1.73 bits per heavy atom. The minimum Gasteiger partial charge on any atom is -0.319 e. The van der Waals surface area contributed by atoms with Crippen LogP contribution in [0.2, 0.25) is 0 Å². The van der Waals surface area contributed by atoms with Crippen LogP contribution in [-0.2, 0) is 4.79 Å². The summed E-state index contributed by atoms with van der Waals surface area (Å²) in [6, 6.07) is 0. The number of hydrogen-bond donors (Lipinski definition) is 2. The summed E-state index contributed by atoms with van der Waals surface area (Å²) >= 11 is 0. The number of nitrogens with one attached hydrogen (secondary N) is 2. The number of carbonyl (C=O) groups excluding carboxylic acids is 1. The summed E-state index contributed by atoms with van der Waals surface area (Å²) in [4.78, 5) is 10.7. The van der Waals surface area contributed by atoms with Crippen LogP contribution in [-0.4, -0.2) is 33.0 Å². The van der Waals surface area contributed by atoms with E-state index in [4.69, 9.17) is 0 Å². The molecule has 66 valence electrons. The van der Waals surface area contributed by atoms with Crippen LogP contribution >= 0.6 is 0 Å². The van der Waals surface area contributed by atoms with Crippen LogP contribution in [0.3, 0.4) is 0 Å². The van der Waals surface area contributed by atoms with Gasteiger partial charge in [-0.25, -0.2) is 0 Å². The van der Waals surface area contributed by atoms with Gasteiger partial charge >= 0.3 is 0 Å². The van der Waals surface area contributed by atoms with Crippen LogP contribution in [0.15, 0.2) is 0 Å². The predicted octanol–water partition coefficient (Wildman–Crippen LogP) is 0.0205. The summed E-state index contributed by atoms with van der Waals surface area (Å²) in [6.07, 6.45) is 0.668. The van der Waals surface area contributed by atoms with E-state index in [1.807, 2.05) is 14.1 Å². The fourth-order valence-electron chi connectivity index (χ4n) is 1.20. The van der Waals surface area contributed by atoms with E-state index in [-0.39, 0.29) is 5.78 Å². The van der Waals surface area contributed by atoms with E-state index in [1.54, 1.807) is 6.92 Å². The van der Waals surface area contributed by atoms with Gasteiger partial charge in [0.1, 0.15) is 5.78 Å². The summed E-state index contributed by atoms with van der Waals surface area (Å²) in [6.45, 7) is 3.44. The van der Waals surface area contributed by atoms with Gasteiger partial charge in [-0.15, -0.1) is 0 Å². The second kappa shape index (κ2) is 6.31. The molecule has 0 aliphatic carbocycles. The number of rotatable bonds is 6. The van der Waals surface area contributed by atoms with E-state index in [1.165, 1.54) is 0 Å². The Bertz CT molecular complexity index is 109. The van der Waals surface area contributed by atoms with Crippen molar-refractivity contribution in [2.45, 2.75) is 13.3 Å². The third kappa shape index (κ3) is 6.01. The van der Waals surface area contributed by atoms with E-state index in [9.17, 15) is 4.79 Å². The molecule has 3 nitrogen and oxygen atoms in total. The van der Waals surface area contributed by atoms with Crippen LogP contribution in [0.25, 0.3) is 0 Å². The first-order chi connectivity index (χ1) is 5.20. The molecule has 0 unspecified atom stereocenters. The van der Waals surface area contributed by atoms with Gasteiger partial charge in [0.2, 0.25) is 0 Å². The number of hydrogen-bond acceptors (Lipinski definition) is 3. The summed E-state index contributed by atoms with van der Waals surface area (Å²) in [5.41, 5.74) is 0. The van der Waals surface area contributed by atoms with Crippen molar-refractivity contribution in [1.29, 1.82) is 0 Å². The molecule has 0 aliphatic heterocycles. The molecule has 2 N–H and O–H groups in total. The van der Waals surface area contributed by atoms with Crippen LogP contribution in [0.4, 0.5) is 0 Å². The molecule has 0 atom stereocenters. The monoisotopic (exact) mass is 158 g/mol. The standard InChI is InChI=1S/C8H18N2O/c1-7(11)4-8(5-9-2)6-10-3/h8-10H,4-6H2,1-3H3. The fraction of sp³-hybridized carbons (Fsp3) is 0.875. The van der Waals surface area contributed by atoms with E-state index >= 15 is 0 Å². The van der Waals surface area contributed by atoms with Crippen molar-refractivity contribution < 1.29 is 4.79 Å². The molecule has 0 bridgehead atoms. The van der Waals surface area contributed by atoms with Crippen molar-refractivity contribution >= 4 is 5.78 Å². The Morgan fingerprint density at radius 1 is 1.27 bits per heavy atom. The Hall–Kier alpha value is -0.410. The summed E-state index contributed by atoms with van der Waals surface area (Å²) < 4.78 is 0. The van der Waals surface area contributed by atoms with Crippen molar-refractivity contribution in [3.8, 4) is 0 Å². The summed E-state index contributed by atoms with van der Waals surface area (Å²) in [5, 5.41) is 6.13. The van der Waals surface area contributed by atoms with Crippen molar-refractivity contribution in [1.82, 2.24) is 10.6 Å². The molecule has 0 fully saturated rings. The van der Waals surface area contributed by atoms with Crippen LogP contribution in [0, 0.1) is 5.92 Å². The maximum absolute atomic E-state index is 10.7. The maximum Gasteiger partial charge on any atom is 0.130 e. The zero-order chi connectivity index (χ0) is 8.69. The number of carbonyl (C=O) groups is 1. The summed E-state index contributed by atoms with van der Waals surface area (Å²) in [7, 11) is 3.81. The predicted molar refractivity (Wildman–Crippen MR) is 46.6 cm³/mol. The molecular weight excluding hydrogens is 140 g/mol. The smallest absolute Gasteiger partial charge is 0.130 e. The SMILES string of the molecule is CNCC(CNC)CC(C)=O. The van der Waals surface area contributed by atoms with Crippen LogP contribution < -0.4 is 10.6 Å². The molecule has 0 radical (unpaired) electrons. The lowest BCUT2D eigenvalue weighted by atomic mass is 10.0. The topological polar surface area (TPSA) is 41.1 Å². The normalized spacial score (nSPS) is 10.5. The van der Waals surface area contributed by atoms with E-state index < -0.39 is 0 Å². The van der Waals surface area contributed by atoms with Crippen molar-refractivity contribution in [2.75, 3.05) is 27.2 Å². The molecule has 3 heteroatoms. The van der Waals surface area contributed by atoms with Gasteiger partial charge in [-0.05, 0) is 40.0 Å². The van der Waals surface area contributed by atoms with E-state index in [0.717, 1.165) is 13.1 Å². The largest absolute Gasteiger partial charge is 0.319 e. The van der Waals surface area contributed by atoms with Gasteiger partial charge in [0.15, 0.2) is 0 Å².